The van der Waals surface area contributed by atoms with Gasteiger partial charge in [0, 0.05) is 12.6 Å². The highest BCUT2D eigenvalue weighted by molar-refractivity contribution is 9.10. The minimum absolute atomic E-state index is 0.151. The van der Waals surface area contributed by atoms with Crippen molar-refractivity contribution in [3.05, 3.63) is 59.4 Å². The number of carbonyl (C=O) groups excluding carboxylic acids is 2. The monoisotopic (exact) mass is 435 g/mol. The molecule has 0 saturated carbocycles. The summed E-state index contributed by atoms with van der Waals surface area (Å²) in [4.78, 5) is 26.9. The molecule has 0 amide bonds. The number of pyridine rings is 1. The molecule has 0 radical (unpaired) electrons. The second-order valence-electron chi connectivity index (χ2n) is 5.95. The van der Waals surface area contributed by atoms with E-state index in [4.69, 9.17) is 14.2 Å². The van der Waals surface area contributed by atoms with Gasteiger partial charge in [0.25, 0.3) is 0 Å². The fourth-order valence-electron chi connectivity index (χ4n) is 2.44. The second-order valence-corrected chi connectivity index (χ2v) is 7.06. The molecule has 2 rings (SSSR count). The SMILES string of the molecule is COC(=O)C(Br)Cc1ccc(OCC(OC(C)=O)c2cccc(C)n2)cc1. The van der Waals surface area contributed by atoms with Crippen molar-refractivity contribution in [1.82, 2.24) is 4.98 Å². The lowest BCUT2D eigenvalue weighted by Crippen LogP contribution is -2.18. The molecule has 0 N–H and O–H groups in total. The fraction of sp³-hybridized carbons (Fsp3) is 0.350. The van der Waals surface area contributed by atoms with Gasteiger partial charge in [0.15, 0.2) is 6.10 Å². The first-order valence-corrected chi connectivity index (χ1v) is 9.35. The predicted octanol–water partition coefficient (Wildman–Crippen LogP) is 3.55. The van der Waals surface area contributed by atoms with Crippen molar-refractivity contribution < 1.29 is 23.8 Å². The standard InChI is InChI=1S/C20H22BrNO5/c1-13-5-4-6-18(22-13)19(27-14(2)23)12-26-16-9-7-15(8-10-16)11-17(21)20(24)25-3/h4-10,17,19H,11-12H2,1-3H3. The molecule has 0 fully saturated rings. The van der Waals surface area contributed by atoms with Crippen LogP contribution in [-0.2, 0) is 25.5 Å². The Bertz CT molecular complexity index is 778. The molecular weight excluding hydrogens is 414 g/mol. The first-order valence-electron chi connectivity index (χ1n) is 8.43. The number of halogens is 1. The Hall–Kier alpha value is -2.41. The number of nitrogens with zero attached hydrogens (tertiary/aromatic N) is 1. The van der Waals surface area contributed by atoms with Gasteiger partial charge in [-0.15, -0.1) is 0 Å². The van der Waals surface area contributed by atoms with Crippen LogP contribution in [0.3, 0.4) is 0 Å². The highest BCUT2D eigenvalue weighted by Crippen LogP contribution is 2.21. The lowest BCUT2D eigenvalue weighted by molar-refractivity contribution is -0.148. The number of rotatable bonds is 8. The van der Waals surface area contributed by atoms with Gasteiger partial charge in [0.05, 0.1) is 12.8 Å². The quantitative estimate of drug-likeness (QED) is 0.466. The third-order valence-electron chi connectivity index (χ3n) is 3.74. The van der Waals surface area contributed by atoms with E-state index in [9.17, 15) is 9.59 Å². The molecule has 0 saturated heterocycles. The van der Waals surface area contributed by atoms with Crippen LogP contribution >= 0.6 is 15.9 Å². The largest absolute Gasteiger partial charge is 0.489 e. The van der Waals surface area contributed by atoms with Crippen LogP contribution in [0.15, 0.2) is 42.5 Å². The molecule has 0 aliphatic heterocycles. The van der Waals surface area contributed by atoms with Crippen molar-refractivity contribution in [1.29, 1.82) is 0 Å². The smallest absolute Gasteiger partial charge is 0.319 e. The number of alkyl halides is 1. The van der Waals surface area contributed by atoms with E-state index in [1.807, 2.05) is 31.2 Å². The molecule has 1 aromatic heterocycles. The van der Waals surface area contributed by atoms with Crippen LogP contribution in [0, 0.1) is 6.92 Å². The summed E-state index contributed by atoms with van der Waals surface area (Å²) in [5.41, 5.74) is 2.44. The highest BCUT2D eigenvalue weighted by Gasteiger charge is 2.18. The Morgan fingerprint density at radius 1 is 1.15 bits per heavy atom. The number of methoxy groups -OCH3 is 1. The van der Waals surface area contributed by atoms with Gasteiger partial charge in [0.2, 0.25) is 0 Å². The van der Waals surface area contributed by atoms with Crippen molar-refractivity contribution in [2.75, 3.05) is 13.7 Å². The molecule has 2 atom stereocenters. The van der Waals surface area contributed by atoms with Crippen LogP contribution in [0.25, 0.3) is 0 Å². The van der Waals surface area contributed by atoms with Gasteiger partial charge in [-0.05, 0) is 43.2 Å². The van der Waals surface area contributed by atoms with E-state index in [2.05, 4.69) is 20.9 Å². The molecule has 2 aromatic rings. The topological polar surface area (TPSA) is 74.7 Å². The van der Waals surface area contributed by atoms with Crippen molar-refractivity contribution in [2.24, 2.45) is 0 Å². The summed E-state index contributed by atoms with van der Waals surface area (Å²) in [6, 6.07) is 12.9. The Kier molecular flexibility index (Phi) is 7.79. The van der Waals surface area contributed by atoms with Crippen molar-refractivity contribution >= 4 is 27.9 Å². The molecule has 0 aliphatic carbocycles. The first kappa shape index (κ1) is 20.9. The second kappa shape index (κ2) is 10.1. The van der Waals surface area contributed by atoms with Crippen LogP contribution in [0.1, 0.15) is 30.0 Å². The number of carbonyl (C=O) groups is 2. The van der Waals surface area contributed by atoms with Crippen LogP contribution in [0.5, 0.6) is 5.75 Å². The maximum Gasteiger partial charge on any atom is 0.319 e. The zero-order valence-electron chi connectivity index (χ0n) is 15.5. The molecule has 2 unspecified atom stereocenters. The van der Waals surface area contributed by atoms with Gasteiger partial charge in [-0.1, -0.05) is 34.1 Å². The lowest BCUT2D eigenvalue weighted by Gasteiger charge is -2.18. The Labute approximate surface area is 167 Å². The minimum atomic E-state index is -0.590. The summed E-state index contributed by atoms with van der Waals surface area (Å²) < 4.78 is 15.8. The molecule has 27 heavy (non-hydrogen) atoms. The van der Waals surface area contributed by atoms with Gasteiger partial charge in [-0.2, -0.15) is 0 Å². The van der Waals surface area contributed by atoms with E-state index in [1.54, 1.807) is 18.2 Å². The molecule has 144 valence electrons. The molecule has 0 aliphatic rings. The number of benzene rings is 1. The first-order chi connectivity index (χ1) is 12.9. The number of hydrogen-bond donors (Lipinski definition) is 0. The van der Waals surface area contributed by atoms with E-state index >= 15 is 0 Å². The van der Waals surface area contributed by atoms with Gasteiger partial charge in [0.1, 0.15) is 17.2 Å². The summed E-state index contributed by atoms with van der Waals surface area (Å²) in [7, 11) is 1.36. The van der Waals surface area contributed by atoms with Crippen molar-refractivity contribution in [3.63, 3.8) is 0 Å². The third-order valence-corrected chi connectivity index (χ3v) is 4.44. The van der Waals surface area contributed by atoms with Crippen LogP contribution < -0.4 is 4.74 Å². The van der Waals surface area contributed by atoms with Gasteiger partial charge in [-0.25, -0.2) is 0 Å². The van der Waals surface area contributed by atoms with E-state index in [0.29, 0.717) is 17.9 Å². The van der Waals surface area contributed by atoms with Gasteiger partial charge < -0.3 is 14.2 Å². The number of ether oxygens (including phenoxy) is 3. The molecule has 1 heterocycles. The number of aryl methyl sites for hydroxylation is 1. The van der Waals surface area contributed by atoms with Crippen LogP contribution in [-0.4, -0.2) is 35.5 Å². The zero-order chi connectivity index (χ0) is 19.8. The Balaban J connectivity index is 2.00. The summed E-state index contributed by atoms with van der Waals surface area (Å²) in [5, 5.41) is 0. The molecule has 1 aromatic carbocycles. The molecule has 6 nitrogen and oxygen atoms in total. The highest BCUT2D eigenvalue weighted by atomic mass is 79.9. The maximum atomic E-state index is 11.5. The van der Waals surface area contributed by atoms with Gasteiger partial charge in [-0.3, -0.25) is 14.6 Å². The predicted molar refractivity (Wildman–Crippen MR) is 104 cm³/mol. The average molecular weight is 436 g/mol. The summed E-state index contributed by atoms with van der Waals surface area (Å²) >= 11 is 3.30. The van der Waals surface area contributed by atoms with Crippen molar-refractivity contribution in [3.8, 4) is 5.75 Å². The maximum absolute atomic E-state index is 11.5. The summed E-state index contributed by atoms with van der Waals surface area (Å²) in [5.74, 6) is -0.0774. The normalized spacial score (nSPS) is 12.7. The van der Waals surface area contributed by atoms with Crippen molar-refractivity contribution in [2.45, 2.75) is 31.2 Å². The van der Waals surface area contributed by atoms with E-state index < -0.39 is 16.9 Å². The van der Waals surface area contributed by atoms with E-state index in [1.165, 1.54) is 14.0 Å². The molecular formula is C20H22BrNO5. The van der Waals surface area contributed by atoms with E-state index in [0.717, 1.165) is 11.3 Å². The lowest BCUT2D eigenvalue weighted by atomic mass is 10.1. The van der Waals surface area contributed by atoms with Crippen LogP contribution in [0.4, 0.5) is 0 Å². The fourth-order valence-corrected chi connectivity index (χ4v) is 3.00. The number of esters is 2. The Morgan fingerprint density at radius 2 is 1.85 bits per heavy atom. The molecule has 0 spiro atoms. The summed E-state index contributed by atoms with van der Waals surface area (Å²) in [6.45, 7) is 3.38. The van der Waals surface area contributed by atoms with Crippen LogP contribution in [0.2, 0.25) is 0 Å². The molecule has 7 heteroatoms. The zero-order valence-corrected chi connectivity index (χ0v) is 17.1. The minimum Gasteiger partial charge on any atom is -0.489 e. The third kappa shape index (κ3) is 6.67. The number of aromatic nitrogens is 1. The molecule has 0 bridgehead atoms. The van der Waals surface area contributed by atoms with E-state index in [-0.39, 0.29) is 12.6 Å². The average Bonchev–Trinajstić information content (AvgIpc) is 2.65. The summed E-state index contributed by atoms with van der Waals surface area (Å²) in [6.07, 6.45) is -0.0794. The van der Waals surface area contributed by atoms with Gasteiger partial charge >= 0.3 is 11.9 Å². The Morgan fingerprint density at radius 3 is 2.44 bits per heavy atom. The number of hydrogen-bond acceptors (Lipinski definition) is 6.